The maximum Gasteiger partial charge on any atom is 0.116 e. The molecule has 0 amide bonds. The van der Waals surface area contributed by atoms with Crippen molar-refractivity contribution >= 4 is 23.2 Å². The lowest BCUT2D eigenvalue weighted by Gasteiger charge is -2.27. The van der Waals surface area contributed by atoms with Gasteiger partial charge < -0.3 is 10.6 Å². The Morgan fingerprint density at radius 3 is 1.02 bits per heavy atom. The molecule has 0 heterocycles. The summed E-state index contributed by atoms with van der Waals surface area (Å²) in [7, 11) is 5.11. The van der Waals surface area contributed by atoms with E-state index < -0.39 is 7.26 Å². The molecule has 0 aliphatic rings. The highest BCUT2D eigenvalue weighted by molar-refractivity contribution is 7.95. The van der Waals surface area contributed by atoms with Gasteiger partial charge in [-0.1, -0.05) is 169 Å². The average Bonchev–Trinajstić information content (AvgIpc) is 3.09. The smallest absolute Gasteiger partial charge is 0.116 e. The fraction of sp³-hybridized carbons (Fsp3) is 0.455. The molecule has 4 aromatic rings. The Morgan fingerprint density at radius 1 is 0.404 bits per heavy atom. The zero-order chi connectivity index (χ0) is 32.8. The van der Waals surface area contributed by atoms with Crippen molar-refractivity contribution in [1.82, 2.24) is 6.15 Å². The number of hydrogen-bond donors (Lipinski definition) is 1. The number of rotatable bonds is 20. The molecular formula is C44H67N2P+2. The van der Waals surface area contributed by atoms with Gasteiger partial charge in [-0.3, -0.25) is 0 Å². The standard InChI is InChI=1S/C25H22P.C19H42N.H3N/c1-5-13-22(14-6-1)21-26(23-15-7-2-8-16-23,24-17-9-3-10-18-24)25-19-11-4-12-20-25;1-5-6-7-8-9-10-11-12-13-14-15-16-17-18-19-20(2,3)4;/h1-20H,21H2;5-19H2,1-4H3;1H3/q2*+1;. The van der Waals surface area contributed by atoms with Gasteiger partial charge in [0.2, 0.25) is 0 Å². The molecule has 4 rings (SSSR count). The summed E-state index contributed by atoms with van der Waals surface area (Å²) in [6, 6.07) is 44.0. The van der Waals surface area contributed by atoms with Crippen LogP contribution < -0.4 is 22.1 Å². The van der Waals surface area contributed by atoms with Gasteiger partial charge in [0.25, 0.3) is 0 Å². The van der Waals surface area contributed by atoms with Crippen molar-refractivity contribution in [2.75, 3.05) is 27.7 Å². The second-order valence-corrected chi connectivity index (χ2v) is 17.6. The minimum absolute atomic E-state index is 0. The Hall–Kier alpha value is -2.77. The molecule has 3 N–H and O–H groups in total. The van der Waals surface area contributed by atoms with Crippen LogP contribution in [0.5, 0.6) is 0 Å². The first-order valence-electron chi connectivity index (χ1n) is 18.3. The molecule has 0 bridgehead atoms. The first kappa shape index (κ1) is 40.4. The number of nitrogens with zero attached hydrogens (tertiary/aromatic N) is 1. The molecule has 0 saturated heterocycles. The minimum atomic E-state index is -1.78. The van der Waals surface area contributed by atoms with Crippen LogP contribution in [0.3, 0.4) is 0 Å². The van der Waals surface area contributed by atoms with Crippen LogP contribution in [0.4, 0.5) is 0 Å². The summed E-state index contributed by atoms with van der Waals surface area (Å²) in [6.07, 6.45) is 21.4. The normalized spacial score (nSPS) is 11.3. The first-order chi connectivity index (χ1) is 22.5. The molecule has 2 nitrogen and oxygen atoms in total. The van der Waals surface area contributed by atoms with Gasteiger partial charge in [-0.05, 0) is 54.8 Å². The number of hydrogen-bond acceptors (Lipinski definition) is 1. The Labute approximate surface area is 290 Å². The Bertz CT molecular complexity index is 1170. The minimum Gasteiger partial charge on any atom is -0.344 e. The van der Waals surface area contributed by atoms with Crippen molar-refractivity contribution in [1.29, 1.82) is 0 Å². The van der Waals surface area contributed by atoms with E-state index in [1.54, 1.807) is 0 Å². The van der Waals surface area contributed by atoms with E-state index in [0.29, 0.717) is 0 Å². The molecule has 0 atom stereocenters. The molecule has 0 fully saturated rings. The molecule has 256 valence electrons. The van der Waals surface area contributed by atoms with Gasteiger partial charge in [-0.25, -0.2) is 0 Å². The second-order valence-electron chi connectivity index (χ2n) is 14.1. The SMILES string of the molecule is CCCCCCCCCCCCCCCC[N+](C)(C)C.N.c1ccc(C[P+](c2ccccc2)(c2ccccc2)c2ccccc2)cc1. The zero-order valence-corrected chi connectivity index (χ0v) is 31.4. The Balaban J connectivity index is 0.000000334. The van der Waals surface area contributed by atoms with Gasteiger partial charge in [-0.15, -0.1) is 0 Å². The van der Waals surface area contributed by atoms with Crippen LogP contribution in [0.15, 0.2) is 121 Å². The first-order valence-corrected chi connectivity index (χ1v) is 20.3. The lowest BCUT2D eigenvalue weighted by Crippen LogP contribution is -2.35. The van der Waals surface area contributed by atoms with Crippen LogP contribution in [0.25, 0.3) is 0 Å². The lowest BCUT2D eigenvalue weighted by molar-refractivity contribution is -0.870. The van der Waals surface area contributed by atoms with E-state index in [0.717, 1.165) is 10.6 Å². The van der Waals surface area contributed by atoms with Crippen molar-refractivity contribution in [3.05, 3.63) is 127 Å². The van der Waals surface area contributed by atoms with Crippen LogP contribution in [0.2, 0.25) is 0 Å². The van der Waals surface area contributed by atoms with Crippen molar-refractivity contribution in [2.45, 2.75) is 103 Å². The van der Waals surface area contributed by atoms with Gasteiger partial charge in [0, 0.05) is 0 Å². The quantitative estimate of drug-likeness (QED) is 0.0574. The third-order valence-corrected chi connectivity index (χ3v) is 13.4. The molecule has 0 radical (unpaired) electrons. The molecule has 47 heavy (non-hydrogen) atoms. The topological polar surface area (TPSA) is 35.0 Å². The number of unbranched alkanes of at least 4 members (excludes halogenated alkanes) is 13. The second kappa shape index (κ2) is 23.5. The Kier molecular flexibility index (Phi) is 20.2. The summed E-state index contributed by atoms with van der Waals surface area (Å²) in [5, 5.41) is 4.30. The van der Waals surface area contributed by atoms with Gasteiger partial charge in [-0.2, -0.15) is 0 Å². The van der Waals surface area contributed by atoms with Crippen molar-refractivity contribution in [3.63, 3.8) is 0 Å². The molecule has 0 aromatic heterocycles. The van der Waals surface area contributed by atoms with Gasteiger partial charge in [0.05, 0.1) is 33.8 Å². The van der Waals surface area contributed by atoms with E-state index in [4.69, 9.17) is 0 Å². The molecule has 0 aliphatic carbocycles. The summed E-state index contributed by atoms with van der Waals surface area (Å²) in [5.74, 6) is 0. The van der Waals surface area contributed by atoms with Crippen LogP contribution in [-0.2, 0) is 6.16 Å². The summed E-state index contributed by atoms with van der Waals surface area (Å²) in [6.45, 7) is 3.63. The molecule has 0 saturated carbocycles. The molecule has 0 unspecified atom stereocenters. The van der Waals surface area contributed by atoms with Crippen molar-refractivity contribution in [2.24, 2.45) is 0 Å². The summed E-state index contributed by atoms with van der Waals surface area (Å²) in [4.78, 5) is 0. The molecule has 0 aliphatic heterocycles. The third-order valence-electron chi connectivity index (χ3n) is 9.04. The van der Waals surface area contributed by atoms with Gasteiger partial charge in [0.1, 0.15) is 23.2 Å². The fourth-order valence-electron chi connectivity index (χ4n) is 6.41. The predicted molar refractivity (Wildman–Crippen MR) is 214 cm³/mol. The Morgan fingerprint density at radius 2 is 0.702 bits per heavy atom. The van der Waals surface area contributed by atoms with E-state index in [1.165, 1.54) is 118 Å². The number of quaternary nitrogens is 1. The van der Waals surface area contributed by atoms with Crippen molar-refractivity contribution < 1.29 is 4.48 Å². The zero-order valence-electron chi connectivity index (χ0n) is 30.5. The highest BCUT2D eigenvalue weighted by Crippen LogP contribution is 2.58. The predicted octanol–water partition coefficient (Wildman–Crippen LogP) is 11.5. The van der Waals surface area contributed by atoms with Gasteiger partial charge >= 0.3 is 0 Å². The molecule has 4 aromatic carbocycles. The summed E-state index contributed by atoms with van der Waals surface area (Å²) >= 11 is 0. The maximum absolute atomic E-state index is 2.30. The van der Waals surface area contributed by atoms with E-state index >= 15 is 0 Å². The molecule has 0 spiro atoms. The monoisotopic (exact) mass is 655 g/mol. The highest BCUT2D eigenvalue weighted by Gasteiger charge is 2.45. The third kappa shape index (κ3) is 15.3. The average molecular weight is 655 g/mol. The van der Waals surface area contributed by atoms with Crippen LogP contribution in [-0.4, -0.2) is 32.2 Å². The molecule has 3 heteroatoms. The maximum atomic E-state index is 2.30. The van der Waals surface area contributed by atoms with Crippen LogP contribution in [0, 0.1) is 0 Å². The van der Waals surface area contributed by atoms with Gasteiger partial charge in [0.15, 0.2) is 0 Å². The fourth-order valence-corrected chi connectivity index (χ4v) is 10.7. The summed E-state index contributed by atoms with van der Waals surface area (Å²) in [5.41, 5.74) is 1.39. The van der Waals surface area contributed by atoms with Crippen LogP contribution >= 0.6 is 7.26 Å². The molecular weight excluding hydrogens is 587 g/mol. The largest absolute Gasteiger partial charge is 0.344 e. The van der Waals surface area contributed by atoms with Crippen LogP contribution in [0.1, 0.15) is 102 Å². The van der Waals surface area contributed by atoms with E-state index in [1.807, 2.05) is 0 Å². The van der Waals surface area contributed by atoms with E-state index in [-0.39, 0.29) is 6.15 Å². The number of benzene rings is 4. The summed E-state index contributed by atoms with van der Waals surface area (Å²) < 4.78 is 1.12. The van der Waals surface area contributed by atoms with Crippen molar-refractivity contribution in [3.8, 4) is 0 Å². The highest BCUT2D eigenvalue weighted by atomic mass is 31.2. The van der Waals surface area contributed by atoms with E-state index in [9.17, 15) is 0 Å². The lowest BCUT2D eigenvalue weighted by atomic mass is 10.0. The van der Waals surface area contributed by atoms with E-state index in [2.05, 4.69) is 149 Å².